The van der Waals surface area contributed by atoms with Crippen molar-refractivity contribution < 1.29 is 14.3 Å². The fourth-order valence-electron chi connectivity index (χ4n) is 3.01. The van der Waals surface area contributed by atoms with E-state index in [1.165, 1.54) is 11.8 Å². The Labute approximate surface area is 175 Å². The fourth-order valence-corrected chi connectivity index (χ4v) is 4.04. The maximum atomic E-state index is 12.8. The first-order valence-electron chi connectivity index (χ1n) is 9.43. The van der Waals surface area contributed by atoms with Gasteiger partial charge in [0.15, 0.2) is 5.17 Å². The van der Waals surface area contributed by atoms with Gasteiger partial charge in [0.25, 0.3) is 0 Å². The van der Waals surface area contributed by atoms with Crippen LogP contribution in [0.5, 0.6) is 11.5 Å². The van der Waals surface area contributed by atoms with Gasteiger partial charge in [-0.25, -0.2) is 0 Å². The molecule has 1 amide bonds. The number of rotatable bonds is 7. The molecule has 1 fully saturated rings. The Hall–Kier alpha value is -2.80. The van der Waals surface area contributed by atoms with Crippen LogP contribution in [0.4, 0.5) is 0 Å². The van der Waals surface area contributed by atoms with Gasteiger partial charge in [-0.2, -0.15) is 5.10 Å². The first kappa shape index (κ1) is 20.9. The molecule has 0 N–H and O–H groups in total. The monoisotopic (exact) mass is 411 g/mol. The highest BCUT2D eigenvalue weighted by Gasteiger charge is 2.37. The van der Waals surface area contributed by atoms with Crippen molar-refractivity contribution in [2.45, 2.75) is 32.1 Å². The standard InChI is InChI=1S/C22H25N3O3S/c1-5-20-21(26)25(14-17-9-7-6-8-15(17)2)22(29-20)24-23-13-16-10-11-18(27-3)12-19(16)28-4/h6-13,20H,5,14H2,1-4H3/b23-13+,24-22+. The van der Waals surface area contributed by atoms with E-state index in [0.717, 1.165) is 23.1 Å². The van der Waals surface area contributed by atoms with Gasteiger partial charge in [-0.1, -0.05) is 43.0 Å². The lowest BCUT2D eigenvalue weighted by Crippen LogP contribution is -2.31. The summed E-state index contributed by atoms with van der Waals surface area (Å²) >= 11 is 1.46. The number of nitrogens with zero attached hydrogens (tertiary/aromatic N) is 3. The molecule has 7 heteroatoms. The SMILES string of the molecule is CCC1S/C(=N/N=C/c2ccc(OC)cc2OC)N(Cc2ccccc2C)C1=O. The van der Waals surface area contributed by atoms with Crippen molar-refractivity contribution in [3.63, 3.8) is 0 Å². The lowest BCUT2D eigenvalue weighted by molar-refractivity contribution is -0.126. The quantitative estimate of drug-likeness (QED) is 0.505. The van der Waals surface area contributed by atoms with Crippen LogP contribution in [0.1, 0.15) is 30.0 Å². The molecule has 0 bridgehead atoms. The number of thioether (sulfide) groups is 1. The van der Waals surface area contributed by atoms with Gasteiger partial charge in [0.05, 0.1) is 32.2 Å². The number of hydrogen-bond donors (Lipinski definition) is 0. The highest BCUT2D eigenvalue weighted by molar-refractivity contribution is 8.15. The van der Waals surface area contributed by atoms with Crippen molar-refractivity contribution >= 4 is 29.1 Å². The van der Waals surface area contributed by atoms with Gasteiger partial charge in [-0.15, -0.1) is 5.10 Å². The fraction of sp³-hybridized carbons (Fsp3) is 0.318. The second-order valence-corrected chi connectivity index (χ2v) is 7.77. The molecule has 29 heavy (non-hydrogen) atoms. The van der Waals surface area contributed by atoms with Gasteiger partial charge in [0.2, 0.25) is 5.91 Å². The van der Waals surface area contributed by atoms with Crippen molar-refractivity contribution in [1.29, 1.82) is 0 Å². The minimum Gasteiger partial charge on any atom is -0.497 e. The minimum atomic E-state index is -0.122. The molecule has 6 nitrogen and oxygen atoms in total. The first-order valence-corrected chi connectivity index (χ1v) is 10.3. The number of hydrogen-bond acceptors (Lipinski definition) is 6. The van der Waals surface area contributed by atoms with Crippen molar-refractivity contribution in [1.82, 2.24) is 4.90 Å². The molecule has 152 valence electrons. The van der Waals surface area contributed by atoms with Crippen molar-refractivity contribution in [2.24, 2.45) is 10.2 Å². The Morgan fingerprint density at radius 2 is 1.97 bits per heavy atom. The maximum Gasteiger partial charge on any atom is 0.242 e. The van der Waals surface area contributed by atoms with Gasteiger partial charge in [0.1, 0.15) is 11.5 Å². The van der Waals surface area contributed by atoms with Crippen molar-refractivity contribution in [2.75, 3.05) is 14.2 Å². The summed E-state index contributed by atoms with van der Waals surface area (Å²) in [6.45, 7) is 4.55. The molecule has 2 aromatic rings. The summed E-state index contributed by atoms with van der Waals surface area (Å²) in [7, 11) is 3.20. The van der Waals surface area contributed by atoms with E-state index in [4.69, 9.17) is 9.47 Å². The normalized spacial score (nSPS) is 18.1. The molecule has 0 aliphatic carbocycles. The topological polar surface area (TPSA) is 63.5 Å². The smallest absolute Gasteiger partial charge is 0.242 e. The number of carbonyl (C=O) groups excluding carboxylic acids is 1. The number of aryl methyl sites for hydroxylation is 1. The number of amidine groups is 1. The Bertz CT molecular complexity index is 943. The molecular formula is C22H25N3O3S. The third kappa shape index (κ3) is 4.79. The lowest BCUT2D eigenvalue weighted by Gasteiger charge is -2.17. The van der Waals surface area contributed by atoms with Crippen LogP contribution in [0.15, 0.2) is 52.7 Å². The van der Waals surface area contributed by atoms with Crippen LogP contribution in [-0.2, 0) is 11.3 Å². The number of amides is 1. The van der Waals surface area contributed by atoms with Gasteiger partial charge in [-0.3, -0.25) is 9.69 Å². The number of carbonyl (C=O) groups is 1. The summed E-state index contributed by atoms with van der Waals surface area (Å²) < 4.78 is 10.6. The molecule has 1 heterocycles. The summed E-state index contributed by atoms with van der Waals surface area (Å²) in [5.41, 5.74) is 3.03. The first-order chi connectivity index (χ1) is 14.1. The highest BCUT2D eigenvalue weighted by atomic mass is 32.2. The van der Waals surface area contributed by atoms with Gasteiger partial charge >= 0.3 is 0 Å². The Morgan fingerprint density at radius 3 is 2.66 bits per heavy atom. The van der Waals surface area contributed by atoms with E-state index in [-0.39, 0.29) is 11.2 Å². The molecule has 1 atom stereocenters. The summed E-state index contributed by atoms with van der Waals surface area (Å²) in [4.78, 5) is 14.5. The Kier molecular flexibility index (Phi) is 6.93. The van der Waals surface area contributed by atoms with E-state index in [2.05, 4.69) is 10.2 Å². The predicted octanol–water partition coefficient (Wildman–Crippen LogP) is 4.26. The van der Waals surface area contributed by atoms with Crippen LogP contribution in [0.3, 0.4) is 0 Å². The van der Waals surface area contributed by atoms with Crippen LogP contribution in [-0.4, -0.2) is 41.7 Å². The summed E-state index contributed by atoms with van der Waals surface area (Å²) in [6, 6.07) is 13.5. The molecule has 0 saturated carbocycles. The molecule has 2 aromatic carbocycles. The van der Waals surface area contributed by atoms with E-state index in [0.29, 0.717) is 23.2 Å². The highest BCUT2D eigenvalue weighted by Crippen LogP contribution is 2.31. The average molecular weight is 412 g/mol. The van der Waals surface area contributed by atoms with Crippen LogP contribution in [0.25, 0.3) is 0 Å². The third-order valence-corrected chi connectivity index (χ3v) is 6.09. The van der Waals surface area contributed by atoms with Crippen LogP contribution >= 0.6 is 11.8 Å². The van der Waals surface area contributed by atoms with Crippen LogP contribution in [0, 0.1) is 6.92 Å². The van der Waals surface area contributed by atoms with Gasteiger partial charge in [-0.05, 0) is 36.6 Å². The molecule has 1 saturated heterocycles. The van der Waals surface area contributed by atoms with Crippen LogP contribution in [0.2, 0.25) is 0 Å². The van der Waals surface area contributed by atoms with E-state index < -0.39 is 0 Å². The summed E-state index contributed by atoms with van der Waals surface area (Å²) in [6.07, 6.45) is 2.38. The minimum absolute atomic E-state index is 0.0803. The van der Waals surface area contributed by atoms with Crippen molar-refractivity contribution in [3.8, 4) is 11.5 Å². The third-order valence-electron chi connectivity index (χ3n) is 4.76. The molecule has 0 radical (unpaired) electrons. The van der Waals surface area contributed by atoms with Crippen molar-refractivity contribution in [3.05, 3.63) is 59.2 Å². The largest absolute Gasteiger partial charge is 0.497 e. The Balaban J connectivity index is 1.84. The number of methoxy groups -OCH3 is 2. The van der Waals surface area contributed by atoms with E-state index in [1.807, 2.05) is 50.2 Å². The molecule has 0 aromatic heterocycles. The van der Waals surface area contributed by atoms with Gasteiger partial charge in [0, 0.05) is 11.6 Å². The van der Waals surface area contributed by atoms with E-state index >= 15 is 0 Å². The molecule has 1 unspecified atom stereocenters. The van der Waals surface area contributed by atoms with E-state index in [1.54, 1.807) is 31.4 Å². The van der Waals surface area contributed by atoms with E-state index in [9.17, 15) is 4.79 Å². The molecule has 1 aliphatic heterocycles. The molecule has 0 spiro atoms. The zero-order valence-corrected chi connectivity index (χ0v) is 17.9. The zero-order valence-electron chi connectivity index (χ0n) is 17.1. The maximum absolute atomic E-state index is 12.8. The second-order valence-electron chi connectivity index (χ2n) is 6.60. The molecule has 3 rings (SSSR count). The number of benzene rings is 2. The second kappa shape index (κ2) is 9.60. The molecule has 1 aliphatic rings. The summed E-state index contributed by atoms with van der Waals surface area (Å²) in [5.74, 6) is 1.43. The lowest BCUT2D eigenvalue weighted by atomic mass is 10.1. The van der Waals surface area contributed by atoms with Crippen LogP contribution < -0.4 is 9.47 Å². The number of ether oxygens (including phenoxy) is 2. The predicted molar refractivity (Wildman–Crippen MR) is 118 cm³/mol. The average Bonchev–Trinajstić information content (AvgIpc) is 3.04. The zero-order chi connectivity index (χ0) is 20.8. The molecular weight excluding hydrogens is 386 g/mol. The Morgan fingerprint density at radius 1 is 1.17 bits per heavy atom. The summed E-state index contributed by atoms with van der Waals surface area (Å²) in [5, 5.41) is 9.09. The van der Waals surface area contributed by atoms with Gasteiger partial charge < -0.3 is 9.47 Å².